The molecule has 0 heterocycles. The average Bonchev–Trinajstić information content (AvgIpc) is 2.10. The van der Waals surface area contributed by atoms with Crippen molar-refractivity contribution in [1.29, 1.82) is 0 Å². The number of carbonyl (C=O) groups is 2. The van der Waals surface area contributed by atoms with E-state index in [4.69, 9.17) is 0 Å². The number of Topliss-reactive ketones (excluding diaryl/α,β-unsaturated/α-hetero) is 1. The van der Waals surface area contributed by atoms with Gasteiger partial charge >= 0.3 is 5.97 Å². The van der Waals surface area contributed by atoms with Gasteiger partial charge in [0.2, 0.25) is 0 Å². The van der Waals surface area contributed by atoms with E-state index in [1.807, 2.05) is 0 Å². The lowest BCUT2D eigenvalue weighted by molar-refractivity contribution is -0.155. The second-order valence-electron chi connectivity index (χ2n) is 3.41. The van der Waals surface area contributed by atoms with Crippen molar-refractivity contribution in [3.63, 3.8) is 0 Å². The van der Waals surface area contributed by atoms with Crippen LogP contribution < -0.4 is 0 Å². The molecular weight excluding hydrogens is 172 g/mol. The first-order valence-electron chi connectivity index (χ1n) is 4.41. The van der Waals surface area contributed by atoms with Crippen LogP contribution in [0.15, 0.2) is 0 Å². The summed E-state index contributed by atoms with van der Waals surface area (Å²) in [6.07, 6.45) is 2.14. The summed E-state index contributed by atoms with van der Waals surface area (Å²) in [6.45, 7) is 0. The van der Waals surface area contributed by atoms with Gasteiger partial charge < -0.3 is 9.84 Å². The van der Waals surface area contributed by atoms with Crippen LogP contribution in [-0.4, -0.2) is 29.6 Å². The van der Waals surface area contributed by atoms with Crippen LogP contribution >= 0.6 is 0 Å². The van der Waals surface area contributed by atoms with Gasteiger partial charge in [0.15, 0.2) is 5.78 Å². The Morgan fingerprint density at radius 3 is 2.85 bits per heavy atom. The second-order valence-corrected chi connectivity index (χ2v) is 3.41. The van der Waals surface area contributed by atoms with Crippen molar-refractivity contribution in [2.75, 3.05) is 7.11 Å². The first-order chi connectivity index (χ1) is 6.08. The van der Waals surface area contributed by atoms with Crippen LogP contribution in [0.5, 0.6) is 0 Å². The van der Waals surface area contributed by atoms with Gasteiger partial charge in [-0.2, -0.15) is 0 Å². The van der Waals surface area contributed by atoms with Gasteiger partial charge in [-0.3, -0.25) is 9.59 Å². The Hall–Kier alpha value is -0.900. The lowest BCUT2D eigenvalue weighted by Gasteiger charge is -2.29. The molecule has 74 valence electrons. The average molecular weight is 186 g/mol. The van der Waals surface area contributed by atoms with Gasteiger partial charge in [0.1, 0.15) is 5.60 Å². The first-order valence-corrected chi connectivity index (χ1v) is 4.41. The topological polar surface area (TPSA) is 63.6 Å². The molecule has 4 nitrogen and oxygen atoms in total. The number of rotatable bonds is 2. The van der Waals surface area contributed by atoms with Crippen molar-refractivity contribution in [2.45, 2.75) is 37.7 Å². The molecule has 1 rings (SSSR count). The SMILES string of the molecule is COC(=O)CC1(O)CCCCC1=O. The minimum Gasteiger partial charge on any atom is -0.469 e. The highest BCUT2D eigenvalue weighted by Gasteiger charge is 2.39. The highest BCUT2D eigenvalue weighted by molar-refractivity contribution is 5.91. The van der Waals surface area contributed by atoms with Crippen molar-refractivity contribution in [1.82, 2.24) is 0 Å². The van der Waals surface area contributed by atoms with Crippen LogP contribution in [0, 0.1) is 0 Å². The zero-order valence-electron chi connectivity index (χ0n) is 7.71. The molecule has 0 aromatic heterocycles. The molecule has 1 aliphatic rings. The predicted molar refractivity (Wildman–Crippen MR) is 45.1 cm³/mol. The van der Waals surface area contributed by atoms with Crippen LogP contribution in [0.2, 0.25) is 0 Å². The van der Waals surface area contributed by atoms with Gasteiger partial charge in [-0.1, -0.05) is 0 Å². The van der Waals surface area contributed by atoms with Crippen LogP contribution in [0.3, 0.4) is 0 Å². The van der Waals surface area contributed by atoms with Gasteiger partial charge in [0.05, 0.1) is 13.5 Å². The van der Waals surface area contributed by atoms with E-state index in [-0.39, 0.29) is 12.2 Å². The molecule has 0 aliphatic heterocycles. The summed E-state index contributed by atoms with van der Waals surface area (Å²) < 4.78 is 4.42. The maximum absolute atomic E-state index is 11.3. The van der Waals surface area contributed by atoms with Gasteiger partial charge in [0.25, 0.3) is 0 Å². The molecule has 1 atom stereocenters. The standard InChI is InChI=1S/C9H14O4/c1-13-8(11)6-9(12)5-3-2-4-7(9)10/h12H,2-6H2,1H3. The molecule has 1 N–H and O–H groups in total. The molecule has 1 fully saturated rings. The number of esters is 1. The first kappa shape index (κ1) is 10.2. The molecule has 1 unspecified atom stereocenters. The highest BCUT2D eigenvalue weighted by atomic mass is 16.5. The molecule has 1 saturated carbocycles. The summed E-state index contributed by atoms with van der Waals surface area (Å²) >= 11 is 0. The Bertz CT molecular complexity index is 224. The Balaban J connectivity index is 2.62. The van der Waals surface area contributed by atoms with Gasteiger partial charge in [-0.25, -0.2) is 0 Å². The number of methoxy groups -OCH3 is 1. The number of ketones is 1. The Labute approximate surface area is 76.9 Å². The summed E-state index contributed by atoms with van der Waals surface area (Å²) in [5.74, 6) is -0.762. The highest BCUT2D eigenvalue weighted by Crippen LogP contribution is 2.28. The Morgan fingerprint density at radius 1 is 1.62 bits per heavy atom. The third-order valence-corrected chi connectivity index (χ3v) is 2.43. The molecule has 0 aromatic carbocycles. The lowest BCUT2D eigenvalue weighted by Crippen LogP contribution is -2.43. The number of aliphatic hydroxyl groups is 1. The van der Waals surface area contributed by atoms with Crippen molar-refractivity contribution in [3.05, 3.63) is 0 Å². The van der Waals surface area contributed by atoms with Crippen molar-refractivity contribution in [3.8, 4) is 0 Å². The number of carbonyl (C=O) groups excluding carboxylic acids is 2. The van der Waals surface area contributed by atoms with Crippen molar-refractivity contribution >= 4 is 11.8 Å². The molecule has 13 heavy (non-hydrogen) atoms. The van der Waals surface area contributed by atoms with Gasteiger partial charge in [0, 0.05) is 6.42 Å². The summed E-state index contributed by atoms with van der Waals surface area (Å²) in [4.78, 5) is 22.2. The molecule has 0 aromatic rings. The van der Waals surface area contributed by atoms with E-state index in [9.17, 15) is 14.7 Å². The molecule has 0 saturated heterocycles. The normalized spacial score (nSPS) is 28.6. The van der Waals surface area contributed by atoms with E-state index in [0.29, 0.717) is 12.8 Å². The fraction of sp³-hybridized carbons (Fsp3) is 0.778. The molecule has 1 aliphatic carbocycles. The van der Waals surface area contributed by atoms with E-state index >= 15 is 0 Å². The number of hydrogen-bond donors (Lipinski definition) is 1. The van der Waals surface area contributed by atoms with Crippen LogP contribution in [0.4, 0.5) is 0 Å². The maximum Gasteiger partial charge on any atom is 0.308 e. The van der Waals surface area contributed by atoms with E-state index in [0.717, 1.165) is 12.8 Å². The largest absolute Gasteiger partial charge is 0.469 e. The van der Waals surface area contributed by atoms with Crippen molar-refractivity contribution in [2.24, 2.45) is 0 Å². The third kappa shape index (κ3) is 2.28. The van der Waals surface area contributed by atoms with E-state index in [2.05, 4.69) is 4.74 Å². The van der Waals surface area contributed by atoms with Gasteiger partial charge in [-0.15, -0.1) is 0 Å². The monoisotopic (exact) mass is 186 g/mol. The molecule has 0 amide bonds. The molecule has 0 bridgehead atoms. The predicted octanol–water partition coefficient (Wildman–Crippen LogP) is 0.424. The summed E-state index contributed by atoms with van der Waals surface area (Å²) in [6, 6.07) is 0. The van der Waals surface area contributed by atoms with Crippen LogP contribution in [-0.2, 0) is 14.3 Å². The Kier molecular flexibility index (Phi) is 3.03. The summed E-state index contributed by atoms with van der Waals surface area (Å²) in [7, 11) is 1.25. The summed E-state index contributed by atoms with van der Waals surface area (Å²) in [5, 5.41) is 9.79. The molecule has 0 radical (unpaired) electrons. The fourth-order valence-electron chi connectivity index (χ4n) is 1.57. The zero-order chi connectivity index (χ0) is 9.90. The van der Waals surface area contributed by atoms with E-state index in [1.165, 1.54) is 7.11 Å². The third-order valence-electron chi connectivity index (χ3n) is 2.43. The van der Waals surface area contributed by atoms with Gasteiger partial charge in [-0.05, 0) is 19.3 Å². The van der Waals surface area contributed by atoms with Crippen LogP contribution in [0.25, 0.3) is 0 Å². The minimum absolute atomic E-state index is 0.206. The minimum atomic E-state index is -1.45. The number of ether oxygens (including phenoxy) is 1. The second kappa shape index (κ2) is 3.87. The van der Waals surface area contributed by atoms with Crippen LogP contribution in [0.1, 0.15) is 32.1 Å². The molecular formula is C9H14O4. The number of hydrogen-bond acceptors (Lipinski definition) is 4. The maximum atomic E-state index is 11.3. The van der Waals surface area contributed by atoms with E-state index < -0.39 is 11.6 Å². The molecule has 4 heteroatoms. The smallest absolute Gasteiger partial charge is 0.308 e. The quantitative estimate of drug-likeness (QED) is 0.635. The van der Waals surface area contributed by atoms with E-state index in [1.54, 1.807) is 0 Å². The lowest BCUT2D eigenvalue weighted by atomic mass is 9.81. The molecule has 0 spiro atoms. The summed E-state index contributed by atoms with van der Waals surface area (Å²) in [5.41, 5.74) is -1.45. The fourth-order valence-corrected chi connectivity index (χ4v) is 1.57. The zero-order valence-corrected chi connectivity index (χ0v) is 7.71. The Morgan fingerprint density at radius 2 is 2.31 bits per heavy atom. The van der Waals surface area contributed by atoms with Crippen molar-refractivity contribution < 1.29 is 19.4 Å².